The molecule has 1 aromatic heterocycles. The summed E-state index contributed by atoms with van der Waals surface area (Å²) >= 11 is 1.16. The first kappa shape index (κ1) is 15.9. The van der Waals surface area contributed by atoms with Gasteiger partial charge < -0.3 is 0 Å². The number of rotatable bonds is 4. The van der Waals surface area contributed by atoms with Crippen molar-refractivity contribution in [2.75, 3.05) is 0 Å². The lowest BCUT2D eigenvalue weighted by Gasteiger charge is -2.10. The van der Waals surface area contributed by atoms with Crippen molar-refractivity contribution in [3.8, 4) is 5.69 Å². The third-order valence-electron chi connectivity index (χ3n) is 3.71. The Balaban J connectivity index is 1.73. The van der Waals surface area contributed by atoms with Gasteiger partial charge in [0.25, 0.3) is 0 Å². The summed E-state index contributed by atoms with van der Waals surface area (Å²) in [6.45, 7) is 0. The lowest BCUT2D eigenvalue weighted by Crippen LogP contribution is -2.18. The van der Waals surface area contributed by atoms with Gasteiger partial charge >= 0.3 is 0 Å². The van der Waals surface area contributed by atoms with Crippen LogP contribution in [0.5, 0.6) is 0 Å². The molecule has 10 heteroatoms. The van der Waals surface area contributed by atoms with E-state index in [1.54, 1.807) is 48.5 Å². The summed E-state index contributed by atoms with van der Waals surface area (Å²) in [6, 6.07) is 13.6. The van der Waals surface area contributed by atoms with Crippen LogP contribution in [0.3, 0.4) is 0 Å². The predicted molar refractivity (Wildman–Crippen MR) is 89.9 cm³/mol. The Morgan fingerprint density at radius 1 is 1.12 bits per heavy atom. The van der Waals surface area contributed by atoms with Crippen LogP contribution >= 0.6 is 11.8 Å². The van der Waals surface area contributed by atoms with Crippen LogP contribution in [-0.2, 0) is 10.0 Å². The number of benzene rings is 2. The second-order valence-corrected chi connectivity index (χ2v) is 7.96. The van der Waals surface area contributed by atoms with Crippen LogP contribution in [0.25, 0.3) is 5.69 Å². The summed E-state index contributed by atoms with van der Waals surface area (Å²) in [4.78, 5) is 11.5. The van der Waals surface area contributed by atoms with E-state index in [-0.39, 0.29) is 4.90 Å². The van der Waals surface area contributed by atoms with Crippen molar-refractivity contribution >= 4 is 28.1 Å². The Labute approximate surface area is 147 Å². The topological polar surface area (TPSA) is 107 Å². The van der Waals surface area contributed by atoms with E-state index < -0.39 is 15.4 Å². The Kier molecular flexibility index (Phi) is 3.86. The summed E-state index contributed by atoms with van der Waals surface area (Å²) in [5, 5.41) is 11.4. The summed E-state index contributed by atoms with van der Waals surface area (Å²) in [7, 11) is -3.55. The minimum atomic E-state index is -3.55. The Morgan fingerprint density at radius 2 is 1.88 bits per heavy atom. The first-order valence-corrected chi connectivity index (χ1v) is 9.57. The third kappa shape index (κ3) is 2.73. The molecule has 0 spiro atoms. The molecule has 0 saturated carbocycles. The van der Waals surface area contributed by atoms with Crippen LogP contribution in [0.1, 0.15) is 21.3 Å². The van der Waals surface area contributed by atoms with Gasteiger partial charge in [-0.25, -0.2) is 8.42 Å². The monoisotopic (exact) mass is 373 g/mol. The molecule has 0 aliphatic carbocycles. The fraction of sp³-hybridized carbons (Fsp3) is 0.0667. The molecule has 1 N–H and O–H groups in total. The van der Waals surface area contributed by atoms with E-state index in [1.807, 2.05) is 0 Å². The molecule has 2 heterocycles. The molecule has 1 unspecified atom stereocenters. The molecule has 25 heavy (non-hydrogen) atoms. The molecule has 0 amide bonds. The Bertz CT molecular complexity index is 1060. The van der Waals surface area contributed by atoms with Gasteiger partial charge in [-0.2, -0.15) is 9.40 Å². The van der Waals surface area contributed by atoms with Crippen molar-refractivity contribution in [3.63, 3.8) is 0 Å². The van der Waals surface area contributed by atoms with E-state index in [0.717, 1.165) is 18.0 Å². The van der Waals surface area contributed by atoms with Crippen molar-refractivity contribution in [2.45, 2.75) is 15.4 Å². The number of carbonyl (C=O) groups excluding carboxylic acids is 1. The van der Waals surface area contributed by atoms with E-state index in [4.69, 9.17) is 0 Å². The van der Waals surface area contributed by atoms with Gasteiger partial charge in [0.2, 0.25) is 15.2 Å². The van der Waals surface area contributed by atoms with Crippen LogP contribution in [0.2, 0.25) is 0 Å². The molecular formula is C15H11N5O3S2. The first-order chi connectivity index (χ1) is 12.1. The minimum absolute atomic E-state index is 0.250. The summed E-state index contributed by atoms with van der Waals surface area (Å²) in [6.07, 6.45) is 0.721. The summed E-state index contributed by atoms with van der Waals surface area (Å²) in [5.41, 5.74) is 1.61. The Morgan fingerprint density at radius 3 is 2.72 bits per heavy atom. The molecular weight excluding hydrogens is 362 g/mol. The molecule has 4 rings (SSSR count). The lowest BCUT2D eigenvalue weighted by atomic mass is 10.2. The maximum Gasteiger partial charge on any atom is 0.242 e. The number of para-hydroxylation sites is 1. The number of carbonyl (C=O) groups is 1. The minimum Gasteiger partial charge on any atom is -0.298 e. The highest BCUT2D eigenvalue weighted by Gasteiger charge is 2.35. The van der Waals surface area contributed by atoms with Crippen LogP contribution in [0.15, 0.2) is 58.6 Å². The first-order valence-electron chi connectivity index (χ1n) is 7.21. The summed E-state index contributed by atoms with van der Waals surface area (Å²) in [5.74, 6) is 0. The summed E-state index contributed by atoms with van der Waals surface area (Å²) < 4.78 is 28.5. The standard InChI is InChI=1S/C15H11N5O3S2/c21-9-10-5-1-3-7-12(10)20-15(16-18-19-20)24-14-11-6-2-4-8-13(11)25(22,23)17-14/h1-9,14,17H. The molecule has 0 radical (unpaired) electrons. The highest BCUT2D eigenvalue weighted by atomic mass is 32.2. The molecule has 1 atom stereocenters. The van der Waals surface area contributed by atoms with Crippen molar-refractivity contribution in [2.24, 2.45) is 0 Å². The molecule has 126 valence electrons. The largest absolute Gasteiger partial charge is 0.298 e. The van der Waals surface area contributed by atoms with E-state index in [0.29, 0.717) is 22.0 Å². The van der Waals surface area contributed by atoms with Crippen LogP contribution in [-0.4, -0.2) is 34.9 Å². The van der Waals surface area contributed by atoms with Crippen molar-refractivity contribution in [1.29, 1.82) is 0 Å². The Hall–Kier alpha value is -2.56. The highest BCUT2D eigenvalue weighted by Crippen LogP contribution is 2.40. The molecule has 0 saturated heterocycles. The average Bonchev–Trinajstić information content (AvgIpc) is 3.18. The fourth-order valence-electron chi connectivity index (χ4n) is 2.59. The van der Waals surface area contributed by atoms with Gasteiger partial charge in [-0.1, -0.05) is 42.1 Å². The van der Waals surface area contributed by atoms with Crippen LogP contribution < -0.4 is 4.72 Å². The van der Waals surface area contributed by atoms with Gasteiger partial charge in [0.15, 0.2) is 6.29 Å². The normalized spacial score (nSPS) is 18.0. The number of sulfonamides is 1. The quantitative estimate of drug-likeness (QED) is 0.692. The molecule has 1 aliphatic heterocycles. The number of nitrogens with zero attached hydrogens (tertiary/aromatic N) is 4. The van der Waals surface area contributed by atoms with Crippen LogP contribution in [0.4, 0.5) is 0 Å². The van der Waals surface area contributed by atoms with Gasteiger partial charge in [0.05, 0.1) is 10.6 Å². The molecule has 2 aromatic carbocycles. The number of hydrogen-bond acceptors (Lipinski definition) is 7. The average molecular weight is 373 g/mol. The van der Waals surface area contributed by atoms with E-state index in [1.165, 1.54) is 4.68 Å². The van der Waals surface area contributed by atoms with Gasteiger partial charge in [0, 0.05) is 11.1 Å². The zero-order chi connectivity index (χ0) is 17.4. The number of hydrogen-bond donors (Lipinski definition) is 1. The van der Waals surface area contributed by atoms with E-state index in [9.17, 15) is 13.2 Å². The van der Waals surface area contributed by atoms with Gasteiger partial charge in [0.1, 0.15) is 5.37 Å². The number of aromatic nitrogens is 4. The molecule has 1 aliphatic rings. The number of thioether (sulfide) groups is 1. The van der Waals surface area contributed by atoms with Gasteiger partial charge in [-0.05, 0) is 28.6 Å². The predicted octanol–water partition coefficient (Wildman–Crippen LogP) is 1.56. The number of aldehydes is 1. The van der Waals surface area contributed by atoms with Crippen molar-refractivity contribution in [3.05, 3.63) is 59.7 Å². The lowest BCUT2D eigenvalue weighted by molar-refractivity contribution is 0.112. The highest BCUT2D eigenvalue weighted by molar-refractivity contribution is 8.00. The molecule has 0 bridgehead atoms. The third-order valence-corrected chi connectivity index (χ3v) is 6.43. The zero-order valence-electron chi connectivity index (χ0n) is 12.6. The fourth-order valence-corrected chi connectivity index (χ4v) is 5.38. The number of nitrogens with one attached hydrogen (secondary N) is 1. The SMILES string of the molecule is O=Cc1ccccc1-n1nnnc1SC1NS(=O)(=O)c2ccccc21. The second kappa shape index (κ2) is 6.06. The smallest absolute Gasteiger partial charge is 0.242 e. The van der Waals surface area contributed by atoms with E-state index in [2.05, 4.69) is 20.2 Å². The maximum atomic E-state index is 12.2. The van der Waals surface area contributed by atoms with Crippen molar-refractivity contribution < 1.29 is 13.2 Å². The molecule has 3 aromatic rings. The van der Waals surface area contributed by atoms with Crippen molar-refractivity contribution in [1.82, 2.24) is 24.9 Å². The zero-order valence-corrected chi connectivity index (χ0v) is 14.2. The molecule has 8 nitrogen and oxygen atoms in total. The maximum absolute atomic E-state index is 12.2. The van der Waals surface area contributed by atoms with Gasteiger partial charge in [-0.15, -0.1) is 5.10 Å². The number of tetrazole rings is 1. The second-order valence-electron chi connectivity index (χ2n) is 5.21. The van der Waals surface area contributed by atoms with E-state index >= 15 is 0 Å². The van der Waals surface area contributed by atoms with Crippen LogP contribution in [0, 0.1) is 0 Å². The number of fused-ring (bicyclic) bond motifs is 1. The molecule has 0 fully saturated rings. The van der Waals surface area contributed by atoms with Gasteiger partial charge in [-0.3, -0.25) is 4.79 Å².